The van der Waals surface area contributed by atoms with Crippen molar-refractivity contribution in [3.05, 3.63) is 24.3 Å². The summed E-state index contributed by atoms with van der Waals surface area (Å²) in [6.45, 7) is 8.93. The molecule has 1 rings (SSSR count). The van der Waals surface area contributed by atoms with Crippen LogP contribution >= 0.6 is 0 Å². The molecule has 17 heavy (non-hydrogen) atoms. The van der Waals surface area contributed by atoms with Gasteiger partial charge in [0.2, 0.25) is 5.91 Å². The second-order valence-electron chi connectivity index (χ2n) is 3.46. The summed E-state index contributed by atoms with van der Waals surface area (Å²) in [4.78, 5) is 20.6. The van der Waals surface area contributed by atoms with Gasteiger partial charge in [-0.25, -0.2) is 4.79 Å². The minimum Gasteiger partial charge on any atom is -0.459 e. The number of carbonyl (C=O) groups excluding carboxylic acids is 2. The highest BCUT2D eigenvalue weighted by Crippen LogP contribution is 2.09. The smallest absolute Gasteiger partial charge is 0.333 e. The van der Waals surface area contributed by atoms with E-state index in [1.165, 1.54) is 0 Å². The van der Waals surface area contributed by atoms with Gasteiger partial charge in [0.1, 0.15) is 12.7 Å². The molecule has 0 bridgehead atoms. The molecule has 1 aliphatic rings. The van der Waals surface area contributed by atoms with E-state index in [2.05, 4.69) is 18.9 Å². The minimum absolute atomic E-state index is 0.0417. The summed E-state index contributed by atoms with van der Waals surface area (Å²) in [5, 5.41) is 8.10. The van der Waals surface area contributed by atoms with Crippen molar-refractivity contribution in [3.8, 4) is 0 Å². The molecule has 0 aliphatic carbocycles. The number of rotatable bonds is 5. The molecular formula is C11H17NO5. The Labute approximate surface area is 99.7 Å². The Balaban J connectivity index is 0.000000325. The van der Waals surface area contributed by atoms with Crippen molar-refractivity contribution >= 4 is 11.9 Å². The molecule has 1 saturated heterocycles. The number of amides is 1. The number of aliphatic hydroxyl groups excluding tert-OH is 1. The number of ether oxygens (including phenoxy) is 2. The first-order valence-electron chi connectivity index (χ1n) is 4.91. The van der Waals surface area contributed by atoms with E-state index < -0.39 is 5.91 Å². The van der Waals surface area contributed by atoms with Gasteiger partial charge in [-0.3, -0.25) is 4.79 Å². The standard InChI is InChI=1S/C7H10O3.C4H7NO2/c1-5(2)7(8)10-4-6-3-9-6;1-3(2-6)4(5)7/h6H,1,3-4H2,2H3;6H,1-2H2,(H2,5,7). The first-order chi connectivity index (χ1) is 7.88. The zero-order valence-electron chi connectivity index (χ0n) is 9.77. The van der Waals surface area contributed by atoms with E-state index in [0.717, 1.165) is 0 Å². The van der Waals surface area contributed by atoms with Crippen LogP contribution in [0.1, 0.15) is 6.92 Å². The van der Waals surface area contributed by atoms with Gasteiger partial charge >= 0.3 is 5.97 Å². The van der Waals surface area contributed by atoms with Gasteiger partial charge in [0.25, 0.3) is 0 Å². The van der Waals surface area contributed by atoms with Crippen molar-refractivity contribution < 1.29 is 24.2 Å². The van der Waals surface area contributed by atoms with Gasteiger partial charge in [-0.05, 0) is 6.92 Å². The zero-order chi connectivity index (χ0) is 13.4. The van der Waals surface area contributed by atoms with Crippen molar-refractivity contribution in [1.82, 2.24) is 0 Å². The van der Waals surface area contributed by atoms with Crippen LogP contribution in [0.2, 0.25) is 0 Å². The van der Waals surface area contributed by atoms with Gasteiger partial charge in [0.05, 0.1) is 13.2 Å². The highest BCUT2D eigenvalue weighted by atomic mass is 16.6. The molecule has 1 fully saturated rings. The van der Waals surface area contributed by atoms with Gasteiger partial charge in [-0.1, -0.05) is 13.2 Å². The average molecular weight is 243 g/mol. The maximum atomic E-state index is 10.7. The number of carbonyl (C=O) groups is 2. The Bertz CT molecular complexity index is 320. The number of hydrogen-bond donors (Lipinski definition) is 2. The summed E-state index contributed by atoms with van der Waals surface area (Å²) < 4.78 is 9.60. The van der Waals surface area contributed by atoms with Crippen molar-refractivity contribution in [2.45, 2.75) is 13.0 Å². The van der Waals surface area contributed by atoms with Crippen LogP contribution in [0.5, 0.6) is 0 Å². The molecule has 1 unspecified atom stereocenters. The summed E-state index contributed by atoms with van der Waals surface area (Å²) in [5.74, 6) is -0.988. The quantitative estimate of drug-likeness (QED) is 0.386. The Kier molecular flexibility index (Phi) is 6.85. The normalized spacial score (nSPS) is 16.2. The number of primary amides is 1. The van der Waals surface area contributed by atoms with Gasteiger partial charge in [0, 0.05) is 11.1 Å². The molecule has 0 saturated carbocycles. The predicted octanol–water partition coefficient (Wildman–Crippen LogP) is -0.475. The topological polar surface area (TPSA) is 102 Å². The van der Waals surface area contributed by atoms with E-state index in [1.807, 2.05) is 0 Å². The third-order valence-corrected chi connectivity index (χ3v) is 1.69. The number of hydrogen-bond acceptors (Lipinski definition) is 5. The van der Waals surface area contributed by atoms with Crippen molar-refractivity contribution in [1.29, 1.82) is 0 Å². The van der Waals surface area contributed by atoms with Gasteiger partial charge in [-0.15, -0.1) is 0 Å². The van der Waals surface area contributed by atoms with E-state index in [0.29, 0.717) is 18.8 Å². The van der Waals surface area contributed by atoms with Gasteiger partial charge < -0.3 is 20.3 Å². The van der Waals surface area contributed by atoms with E-state index in [4.69, 9.17) is 14.6 Å². The molecule has 0 aromatic carbocycles. The van der Waals surface area contributed by atoms with E-state index in [-0.39, 0.29) is 24.3 Å². The number of esters is 1. The van der Waals surface area contributed by atoms with Crippen LogP contribution in [0.15, 0.2) is 24.3 Å². The monoisotopic (exact) mass is 243 g/mol. The SMILES string of the molecule is C=C(C)C(=O)OCC1CO1.C=C(CO)C(N)=O. The molecule has 0 radical (unpaired) electrons. The molecule has 1 amide bonds. The van der Waals surface area contributed by atoms with Crippen LogP contribution in [0.3, 0.4) is 0 Å². The van der Waals surface area contributed by atoms with Crippen LogP contribution in [-0.4, -0.2) is 42.9 Å². The van der Waals surface area contributed by atoms with Crippen LogP contribution in [0, 0.1) is 0 Å². The molecule has 3 N–H and O–H groups in total. The fraction of sp³-hybridized carbons (Fsp3) is 0.455. The fourth-order valence-electron chi connectivity index (χ4n) is 0.534. The van der Waals surface area contributed by atoms with Crippen molar-refractivity contribution in [2.75, 3.05) is 19.8 Å². The van der Waals surface area contributed by atoms with Crippen LogP contribution in [0.25, 0.3) is 0 Å². The molecule has 6 heteroatoms. The first-order valence-corrected chi connectivity index (χ1v) is 4.91. The van der Waals surface area contributed by atoms with Crippen molar-refractivity contribution in [2.24, 2.45) is 5.73 Å². The van der Waals surface area contributed by atoms with Gasteiger partial charge in [0.15, 0.2) is 0 Å². The Morgan fingerprint density at radius 1 is 1.53 bits per heavy atom. The number of nitrogens with two attached hydrogens (primary N) is 1. The second-order valence-corrected chi connectivity index (χ2v) is 3.46. The Morgan fingerprint density at radius 3 is 2.29 bits per heavy atom. The average Bonchev–Trinajstić information content (AvgIpc) is 3.09. The van der Waals surface area contributed by atoms with E-state index >= 15 is 0 Å². The van der Waals surface area contributed by atoms with Crippen LogP contribution < -0.4 is 5.73 Å². The van der Waals surface area contributed by atoms with Crippen LogP contribution in [-0.2, 0) is 19.1 Å². The number of epoxide rings is 1. The largest absolute Gasteiger partial charge is 0.459 e. The van der Waals surface area contributed by atoms with Crippen LogP contribution in [0.4, 0.5) is 0 Å². The highest BCUT2D eigenvalue weighted by Gasteiger charge is 2.24. The molecule has 0 spiro atoms. The maximum Gasteiger partial charge on any atom is 0.333 e. The lowest BCUT2D eigenvalue weighted by atomic mass is 10.3. The lowest BCUT2D eigenvalue weighted by Gasteiger charge is -1.99. The van der Waals surface area contributed by atoms with E-state index in [1.54, 1.807) is 6.92 Å². The molecule has 0 aromatic rings. The molecule has 96 valence electrons. The molecule has 1 aliphatic heterocycles. The third kappa shape index (κ3) is 8.18. The Hall–Kier alpha value is -1.66. The van der Waals surface area contributed by atoms with Crippen molar-refractivity contribution in [3.63, 3.8) is 0 Å². The fourth-order valence-corrected chi connectivity index (χ4v) is 0.534. The molecule has 6 nitrogen and oxygen atoms in total. The first kappa shape index (κ1) is 15.3. The Morgan fingerprint density at radius 2 is 2.06 bits per heavy atom. The second kappa shape index (κ2) is 7.59. The molecule has 1 heterocycles. The molecule has 0 aromatic heterocycles. The summed E-state index contributed by atoms with van der Waals surface area (Å²) in [7, 11) is 0. The predicted molar refractivity (Wildman–Crippen MR) is 60.9 cm³/mol. The molecule has 1 atom stereocenters. The summed E-state index contributed by atoms with van der Waals surface area (Å²) in [6.07, 6.45) is 0.142. The summed E-state index contributed by atoms with van der Waals surface area (Å²) in [5.41, 5.74) is 5.12. The highest BCUT2D eigenvalue weighted by molar-refractivity contribution is 5.91. The van der Waals surface area contributed by atoms with Gasteiger partial charge in [-0.2, -0.15) is 0 Å². The zero-order valence-corrected chi connectivity index (χ0v) is 9.77. The summed E-state index contributed by atoms with van der Waals surface area (Å²) >= 11 is 0. The minimum atomic E-state index is -0.650. The summed E-state index contributed by atoms with van der Waals surface area (Å²) in [6, 6.07) is 0. The lowest BCUT2D eigenvalue weighted by molar-refractivity contribution is -0.139. The third-order valence-electron chi connectivity index (χ3n) is 1.69. The molecular weight excluding hydrogens is 226 g/mol. The lowest BCUT2D eigenvalue weighted by Crippen LogP contribution is -2.14. The number of aliphatic hydroxyl groups is 1. The van der Waals surface area contributed by atoms with E-state index in [9.17, 15) is 9.59 Å². The maximum absolute atomic E-state index is 10.7.